The molecule has 1 aromatic heterocycles. The molecule has 0 fully saturated rings. The van der Waals surface area contributed by atoms with E-state index >= 15 is 0 Å². The van der Waals surface area contributed by atoms with Crippen LogP contribution in [0.4, 0.5) is 0 Å². The SMILES string of the molecule is Cc1cccc(OCCN(C)C(=O)c2ccc(Cl)nc2)c1. The van der Waals surface area contributed by atoms with E-state index in [1.807, 2.05) is 31.2 Å². The van der Waals surface area contributed by atoms with Gasteiger partial charge in [-0.15, -0.1) is 0 Å². The Hall–Kier alpha value is -2.07. The number of halogens is 1. The molecule has 1 amide bonds. The van der Waals surface area contributed by atoms with Gasteiger partial charge in [-0.25, -0.2) is 4.98 Å². The summed E-state index contributed by atoms with van der Waals surface area (Å²) in [4.78, 5) is 17.6. The highest BCUT2D eigenvalue weighted by Crippen LogP contribution is 2.12. The van der Waals surface area contributed by atoms with E-state index in [0.29, 0.717) is 23.9 Å². The molecule has 0 bridgehead atoms. The van der Waals surface area contributed by atoms with Crippen LogP contribution in [0.5, 0.6) is 5.75 Å². The predicted octanol–water partition coefficient (Wildman–Crippen LogP) is 3.19. The minimum absolute atomic E-state index is 0.105. The molecule has 0 radical (unpaired) electrons. The molecule has 0 N–H and O–H groups in total. The van der Waals surface area contributed by atoms with Gasteiger partial charge in [-0.1, -0.05) is 23.7 Å². The monoisotopic (exact) mass is 304 g/mol. The molecular weight excluding hydrogens is 288 g/mol. The van der Waals surface area contributed by atoms with Gasteiger partial charge < -0.3 is 9.64 Å². The molecule has 0 saturated heterocycles. The van der Waals surface area contributed by atoms with E-state index < -0.39 is 0 Å². The van der Waals surface area contributed by atoms with Crippen LogP contribution in [0.25, 0.3) is 0 Å². The van der Waals surface area contributed by atoms with Gasteiger partial charge in [0.25, 0.3) is 5.91 Å². The van der Waals surface area contributed by atoms with Crippen LogP contribution < -0.4 is 4.74 Å². The maximum atomic E-state index is 12.1. The van der Waals surface area contributed by atoms with Gasteiger partial charge in [-0.2, -0.15) is 0 Å². The van der Waals surface area contributed by atoms with Crippen LogP contribution >= 0.6 is 11.6 Å². The molecule has 21 heavy (non-hydrogen) atoms. The summed E-state index contributed by atoms with van der Waals surface area (Å²) in [6.07, 6.45) is 1.47. The maximum Gasteiger partial charge on any atom is 0.255 e. The number of pyridine rings is 1. The number of rotatable bonds is 5. The number of carbonyl (C=O) groups excluding carboxylic acids is 1. The zero-order chi connectivity index (χ0) is 15.2. The molecule has 0 unspecified atom stereocenters. The Bertz CT molecular complexity index is 614. The fourth-order valence-corrected chi connectivity index (χ4v) is 1.94. The molecule has 0 atom stereocenters. The van der Waals surface area contributed by atoms with E-state index in [0.717, 1.165) is 11.3 Å². The number of nitrogens with zero attached hydrogens (tertiary/aromatic N) is 2. The summed E-state index contributed by atoms with van der Waals surface area (Å²) in [7, 11) is 1.73. The van der Waals surface area contributed by atoms with E-state index in [1.165, 1.54) is 6.20 Å². The van der Waals surface area contributed by atoms with Gasteiger partial charge in [0, 0.05) is 13.2 Å². The molecule has 0 aliphatic heterocycles. The quantitative estimate of drug-likeness (QED) is 0.797. The summed E-state index contributed by atoms with van der Waals surface area (Å²) in [6.45, 7) is 2.94. The fourth-order valence-electron chi connectivity index (χ4n) is 1.83. The summed E-state index contributed by atoms with van der Waals surface area (Å²) >= 11 is 5.70. The van der Waals surface area contributed by atoms with Crippen molar-refractivity contribution in [3.63, 3.8) is 0 Å². The lowest BCUT2D eigenvalue weighted by molar-refractivity contribution is 0.0773. The van der Waals surface area contributed by atoms with Crippen LogP contribution in [-0.4, -0.2) is 36.0 Å². The third-order valence-electron chi connectivity index (χ3n) is 3.01. The number of hydrogen-bond acceptors (Lipinski definition) is 3. The number of likely N-dealkylation sites (N-methyl/N-ethyl adjacent to an activating group) is 1. The first-order valence-corrected chi connectivity index (χ1v) is 7.00. The highest BCUT2D eigenvalue weighted by Gasteiger charge is 2.11. The highest BCUT2D eigenvalue weighted by molar-refractivity contribution is 6.29. The number of amides is 1. The van der Waals surface area contributed by atoms with Crippen LogP contribution in [0.15, 0.2) is 42.6 Å². The number of aryl methyl sites for hydroxylation is 1. The van der Waals surface area contributed by atoms with Crippen molar-refractivity contribution in [1.82, 2.24) is 9.88 Å². The lowest BCUT2D eigenvalue weighted by atomic mass is 10.2. The summed E-state index contributed by atoms with van der Waals surface area (Å²) in [5, 5.41) is 0.372. The fraction of sp³-hybridized carbons (Fsp3) is 0.250. The van der Waals surface area contributed by atoms with Crippen LogP contribution in [-0.2, 0) is 0 Å². The Morgan fingerprint density at radius 2 is 2.14 bits per heavy atom. The Balaban J connectivity index is 1.85. The van der Waals surface area contributed by atoms with Crippen molar-refractivity contribution in [3.05, 3.63) is 58.9 Å². The summed E-state index contributed by atoms with van der Waals surface area (Å²) in [5.74, 6) is 0.705. The molecule has 0 aliphatic rings. The molecule has 4 nitrogen and oxygen atoms in total. The van der Waals surface area contributed by atoms with E-state index in [2.05, 4.69) is 4.98 Å². The van der Waals surface area contributed by atoms with Crippen molar-refractivity contribution in [1.29, 1.82) is 0 Å². The summed E-state index contributed by atoms with van der Waals surface area (Å²) < 4.78 is 5.63. The standard InChI is InChI=1S/C16H17ClN2O2/c1-12-4-3-5-14(10-12)21-9-8-19(2)16(20)13-6-7-15(17)18-11-13/h3-7,10-11H,8-9H2,1-2H3. The van der Waals surface area contributed by atoms with Gasteiger partial charge in [0.15, 0.2) is 0 Å². The minimum Gasteiger partial charge on any atom is -0.492 e. The van der Waals surface area contributed by atoms with Crippen molar-refractivity contribution >= 4 is 17.5 Å². The molecule has 1 aromatic carbocycles. The van der Waals surface area contributed by atoms with Crippen molar-refractivity contribution in [3.8, 4) is 5.75 Å². The van der Waals surface area contributed by atoms with Crippen molar-refractivity contribution in [2.75, 3.05) is 20.2 Å². The normalized spacial score (nSPS) is 10.2. The lowest BCUT2D eigenvalue weighted by Crippen LogP contribution is -2.30. The van der Waals surface area contributed by atoms with Crippen LogP contribution in [0.3, 0.4) is 0 Å². The van der Waals surface area contributed by atoms with Gasteiger partial charge >= 0.3 is 0 Å². The average Bonchev–Trinajstić information content (AvgIpc) is 2.47. The molecule has 110 valence electrons. The second-order valence-corrected chi connectivity index (χ2v) is 5.15. The smallest absolute Gasteiger partial charge is 0.255 e. The van der Waals surface area contributed by atoms with Crippen LogP contribution in [0.1, 0.15) is 15.9 Å². The first-order chi connectivity index (χ1) is 10.1. The predicted molar refractivity (Wildman–Crippen MR) is 82.9 cm³/mol. The third kappa shape index (κ3) is 4.46. The first kappa shape index (κ1) is 15.3. The molecule has 2 rings (SSSR count). The van der Waals surface area contributed by atoms with Gasteiger partial charge in [-0.05, 0) is 36.8 Å². The van der Waals surface area contributed by atoms with Crippen molar-refractivity contribution in [2.24, 2.45) is 0 Å². The van der Waals surface area contributed by atoms with E-state index in [-0.39, 0.29) is 5.91 Å². The first-order valence-electron chi connectivity index (χ1n) is 6.63. The van der Waals surface area contributed by atoms with Gasteiger partial charge in [-0.3, -0.25) is 4.79 Å². The number of aromatic nitrogens is 1. The topological polar surface area (TPSA) is 42.4 Å². The molecule has 0 spiro atoms. The van der Waals surface area contributed by atoms with Crippen molar-refractivity contribution in [2.45, 2.75) is 6.92 Å². The maximum absolute atomic E-state index is 12.1. The second-order valence-electron chi connectivity index (χ2n) is 4.76. The zero-order valence-electron chi connectivity index (χ0n) is 12.0. The Kier molecular flexibility index (Phi) is 5.17. The number of ether oxygens (including phenoxy) is 1. The third-order valence-corrected chi connectivity index (χ3v) is 3.23. The number of benzene rings is 1. The Morgan fingerprint density at radius 1 is 1.33 bits per heavy atom. The van der Waals surface area contributed by atoms with Crippen LogP contribution in [0.2, 0.25) is 5.15 Å². The number of carbonyl (C=O) groups is 1. The van der Waals surface area contributed by atoms with Crippen molar-refractivity contribution < 1.29 is 9.53 Å². The molecule has 0 aliphatic carbocycles. The highest BCUT2D eigenvalue weighted by atomic mass is 35.5. The summed E-state index contributed by atoms with van der Waals surface area (Å²) in [6, 6.07) is 11.1. The molecule has 2 aromatic rings. The second kappa shape index (κ2) is 7.09. The summed E-state index contributed by atoms with van der Waals surface area (Å²) in [5.41, 5.74) is 1.65. The lowest BCUT2D eigenvalue weighted by Gasteiger charge is -2.17. The molecule has 1 heterocycles. The number of hydrogen-bond donors (Lipinski definition) is 0. The minimum atomic E-state index is -0.105. The Labute approximate surface area is 129 Å². The van der Waals surface area contributed by atoms with Gasteiger partial charge in [0.2, 0.25) is 0 Å². The largest absolute Gasteiger partial charge is 0.492 e. The molecule has 0 saturated carbocycles. The van der Waals surface area contributed by atoms with E-state index in [1.54, 1.807) is 24.1 Å². The van der Waals surface area contributed by atoms with Gasteiger partial charge in [0.05, 0.1) is 12.1 Å². The zero-order valence-corrected chi connectivity index (χ0v) is 12.8. The molecule has 5 heteroatoms. The Morgan fingerprint density at radius 3 is 2.81 bits per heavy atom. The van der Waals surface area contributed by atoms with E-state index in [4.69, 9.17) is 16.3 Å². The average molecular weight is 305 g/mol. The van der Waals surface area contributed by atoms with Gasteiger partial charge in [0.1, 0.15) is 17.5 Å². The molecular formula is C16H17ClN2O2. The van der Waals surface area contributed by atoms with E-state index in [9.17, 15) is 4.79 Å². The van der Waals surface area contributed by atoms with Crippen LogP contribution in [0, 0.1) is 6.92 Å².